The molecule has 0 fully saturated rings. The second-order valence-corrected chi connectivity index (χ2v) is 6.10. The van der Waals surface area contributed by atoms with Crippen molar-refractivity contribution in [1.82, 2.24) is 0 Å². The minimum absolute atomic E-state index is 0.145. The molecular formula is C23H27N4O2+. The third-order valence-electron chi connectivity index (χ3n) is 3.95. The number of allylic oxidation sites excluding steroid dienone is 3. The number of carbonyl (C=O) groups excluding carboxylic acids is 1. The lowest BCUT2D eigenvalue weighted by Gasteiger charge is -2.16. The predicted molar refractivity (Wildman–Crippen MR) is 119 cm³/mol. The number of methoxy groups -OCH3 is 1. The van der Waals surface area contributed by atoms with E-state index in [0.717, 1.165) is 17.1 Å². The normalized spacial score (nSPS) is 11.6. The summed E-state index contributed by atoms with van der Waals surface area (Å²) in [5.41, 5.74) is 3.40. The van der Waals surface area contributed by atoms with Crippen molar-refractivity contribution in [3.63, 3.8) is 0 Å². The van der Waals surface area contributed by atoms with Crippen LogP contribution in [0.1, 0.15) is 0 Å². The van der Waals surface area contributed by atoms with E-state index in [9.17, 15) is 4.79 Å². The summed E-state index contributed by atoms with van der Waals surface area (Å²) < 4.78 is 4.86. The van der Waals surface area contributed by atoms with E-state index in [0.29, 0.717) is 5.57 Å². The van der Waals surface area contributed by atoms with Crippen LogP contribution in [0.2, 0.25) is 0 Å². The number of esters is 1. The molecular weight excluding hydrogens is 364 g/mol. The molecule has 0 radical (unpaired) electrons. The van der Waals surface area contributed by atoms with Crippen LogP contribution in [0.15, 0.2) is 96.3 Å². The summed E-state index contributed by atoms with van der Waals surface area (Å²) in [5.74, 6) is -0.542. The van der Waals surface area contributed by atoms with Crippen LogP contribution in [0.3, 0.4) is 0 Å². The number of quaternary nitrogens is 1. The summed E-state index contributed by atoms with van der Waals surface area (Å²) in [4.78, 5) is 12.2. The van der Waals surface area contributed by atoms with Crippen molar-refractivity contribution in [2.24, 2.45) is 5.10 Å². The second kappa shape index (κ2) is 11.3. The highest BCUT2D eigenvalue weighted by atomic mass is 16.5. The van der Waals surface area contributed by atoms with Gasteiger partial charge in [0.1, 0.15) is 0 Å². The van der Waals surface area contributed by atoms with Crippen LogP contribution in [0.25, 0.3) is 0 Å². The first-order chi connectivity index (χ1) is 14.0. The van der Waals surface area contributed by atoms with Crippen LogP contribution in [-0.2, 0) is 9.53 Å². The first-order valence-electron chi connectivity index (χ1n) is 9.20. The molecule has 0 unspecified atom stereocenters. The van der Waals surface area contributed by atoms with Gasteiger partial charge in [-0.05, 0) is 42.5 Å². The lowest BCUT2D eigenvalue weighted by atomic mass is 10.1. The number of nitrogens with zero attached hydrogens (tertiary/aromatic N) is 2. The Labute approximate surface area is 171 Å². The van der Waals surface area contributed by atoms with Gasteiger partial charge < -0.3 is 15.4 Å². The Morgan fingerprint density at radius 1 is 1.10 bits per heavy atom. The summed E-state index contributed by atoms with van der Waals surface area (Å²) >= 11 is 0. The van der Waals surface area contributed by atoms with Crippen molar-refractivity contribution >= 4 is 28.7 Å². The number of benzene rings is 2. The molecule has 0 aliphatic heterocycles. The van der Waals surface area contributed by atoms with Gasteiger partial charge in [0.05, 0.1) is 26.0 Å². The summed E-state index contributed by atoms with van der Waals surface area (Å²) in [5, 5.41) is 11.3. The second-order valence-electron chi connectivity index (χ2n) is 6.10. The van der Waals surface area contributed by atoms with Crippen LogP contribution in [0.4, 0.5) is 17.1 Å². The molecule has 2 aromatic carbocycles. The summed E-state index contributed by atoms with van der Waals surface area (Å²) in [6.07, 6.45) is 7.25. The van der Waals surface area contributed by atoms with E-state index in [2.05, 4.69) is 17.0 Å². The van der Waals surface area contributed by atoms with Gasteiger partial charge in [0.15, 0.2) is 5.71 Å². The van der Waals surface area contributed by atoms with Gasteiger partial charge in [-0.25, -0.2) is 4.79 Å². The van der Waals surface area contributed by atoms with E-state index in [4.69, 9.17) is 4.74 Å². The number of hydrazone groups is 1. The minimum Gasteiger partial charge on any atom is -0.464 e. The first kappa shape index (κ1) is 21.7. The van der Waals surface area contributed by atoms with Gasteiger partial charge in [0.25, 0.3) is 0 Å². The molecule has 6 heteroatoms. The van der Waals surface area contributed by atoms with E-state index in [1.54, 1.807) is 24.2 Å². The lowest BCUT2D eigenvalue weighted by molar-refractivity contribution is -0.556. The summed E-state index contributed by atoms with van der Waals surface area (Å²) in [6, 6.07) is 17.7. The number of anilines is 3. The zero-order chi connectivity index (χ0) is 21.1. The zero-order valence-corrected chi connectivity index (χ0v) is 17.0. The number of hydrogen-bond donors (Lipinski definition) is 2. The SMILES string of the molecule is C=C(/C=C\C=C/[NH2+]C)/C(=N/N(C)c1ccc(Nc2ccccc2)cc1)C(=O)OC. The maximum absolute atomic E-state index is 12.2. The number of hydrogen-bond acceptors (Lipinski definition) is 5. The number of nitrogens with two attached hydrogens (primary N) is 1. The molecule has 150 valence electrons. The molecule has 2 aromatic rings. The molecule has 0 aromatic heterocycles. The number of rotatable bonds is 9. The quantitative estimate of drug-likeness (QED) is 0.298. The monoisotopic (exact) mass is 391 g/mol. The molecule has 0 amide bonds. The molecule has 0 bridgehead atoms. The summed E-state index contributed by atoms with van der Waals surface area (Å²) in [7, 11) is 5.02. The predicted octanol–water partition coefficient (Wildman–Crippen LogP) is 3.21. The molecule has 0 aliphatic rings. The van der Waals surface area contributed by atoms with Crippen molar-refractivity contribution in [1.29, 1.82) is 0 Å². The van der Waals surface area contributed by atoms with Crippen LogP contribution in [-0.4, -0.2) is 32.9 Å². The van der Waals surface area contributed by atoms with Crippen molar-refractivity contribution in [3.05, 3.63) is 91.2 Å². The number of ether oxygens (including phenoxy) is 1. The standard InChI is InChI=1S/C23H26N4O2/c1-18(10-8-9-17-24-2)22(23(28)29-4)26-27(3)21-15-13-20(14-16-21)25-19-11-6-5-7-12-19/h5-17,24-25H,1H2,2-4H3/p+1/b10-8-,17-9-,26-22-. The molecule has 0 spiro atoms. The Hall–Kier alpha value is -3.64. The highest BCUT2D eigenvalue weighted by Crippen LogP contribution is 2.21. The van der Waals surface area contributed by atoms with Gasteiger partial charge in [-0.2, -0.15) is 5.10 Å². The largest absolute Gasteiger partial charge is 0.464 e. The van der Waals surface area contributed by atoms with Gasteiger partial charge >= 0.3 is 5.97 Å². The average molecular weight is 391 g/mol. The van der Waals surface area contributed by atoms with E-state index in [1.165, 1.54) is 7.11 Å². The molecule has 6 nitrogen and oxygen atoms in total. The third-order valence-corrected chi connectivity index (χ3v) is 3.95. The number of carbonyl (C=O) groups is 1. The van der Waals surface area contributed by atoms with Gasteiger partial charge in [-0.1, -0.05) is 36.9 Å². The molecule has 3 N–H and O–H groups in total. The molecule has 0 atom stereocenters. The Bertz CT molecular complexity index is 900. The minimum atomic E-state index is -0.542. The van der Waals surface area contributed by atoms with E-state index in [-0.39, 0.29) is 5.71 Å². The van der Waals surface area contributed by atoms with E-state index in [1.807, 2.05) is 79.2 Å². The van der Waals surface area contributed by atoms with Crippen molar-refractivity contribution in [2.75, 3.05) is 31.5 Å². The van der Waals surface area contributed by atoms with Crippen LogP contribution in [0, 0.1) is 0 Å². The number of para-hydroxylation sites is 1. The van der Waals surface area contributed by atoms with Gasteiger partial charge in [0.2, 0.25) is 0 Å². The molecule has 29 heavy (non-hydrogen) atoms. The van der Waals surface area contributed by atoms with Crippen LogP contribution < -0.4 is 15.6 Å². The Morgan fingerprint density at radius 2 is 1.76 bits per heavy atom. The fourth-order valence-electron chi connectivity index (χ4n) is 2.42. The Kier molecular flexibility index (Phi) is 8.41. The highest BCUT2D eigenvalue weighted by molar-refractivity contribution is 6.44. The fourth-order valence-corrected chi connectivity index (χ4v) is 2.42. The van der Waals surface area contributed by atoms with Crippen molar-refractivity contribution in [3.8, 4) is 0 Å². The zero-order valence-electron chi connectivity index (χ0n) is 17.0. The fraction of sp³-hybridized carbons (Fsp3) is 0.130. The Balaban J connectivity index is 2.16. The summed E-state index contributed by atoms with van der Waals surface area (Å²) in [6.45, 7) is 3.93. The lowest BCUT2D eigenvalue weighted by Crippen LogP contribution is -2.72. The van der Waals surface area contributed by atoms with Crippen molar-refractivity contribution < 1.29 is 14.8 Å². The van der Waals surface area contributed by atoms with Crippen LogP contribution >= 0.6 is 0 Å². The molecule has 0 aliphatic carbocycles. The average Bonchev–Trinajstić information content (AvgIpc) is 2.75. The van der Waals surface area contributed by atoms with E-state index < -0.39 is 5.97 Å². The maximum atomic E-state index is 12.2. The Morgan fingerprint density at radius 3 is 2.38 bits per heavy atom. The molecule has 0 saturated heterocycles. The highest BCUT2D eigenvalue weighted by Gasteiger charge is 2.15. The molecule has 0 heterocycles. The van der Waals surface area contributed by atoms with Gasteiger partial charge in [-0.15, -0.1) is 0 Å². The molecule has 2 rings (SSSR count). The number of nitrogens with one attached hydrogen (secondary N) is 1. The van der Waals surface area contributed by atoms with E-state index >= 15 is 0 Å². The smallest absolute Gasteiger partial charge is 0.359 e. The topological polar surface area (TPSA) is 70.5 Å². The first-order valence-corrected chi connectivity index (χ1v) is 9.20. The van der Waals surface area contributed by atoms with Gasteiger partial charge in [0, 0.05) is 24.0 Å². The van der Waals surface area contributed by atoms with Crippen molar-refractivity contribution in [2.45, 2.75) is 0 Å². The maximum Gasteiger partial charge on any atom is 0.359 e. The van der Waals surface area contributed by atoms with Crippen LogP contribution in [0.5, 0.6) is 0 Å². The third kappa shape index (κ3) is 6.79. The molecule has 0 saturated carbocycles. The van der Waals surface area contributed by atoms with Gasteiger partial charge in [-0.3, -0.25) is 5.01 Å².